The molecule has 0 amide bonds. The number of rotatable bonds is 2. The zero-order valence-electron chi connectivity index (χ0n) is 8.91. The summed E-state index contributed by atoms with van der Waals surface area (Å²) in [5.74, 6) is -2.06. The summed E-state index contributed by atoms with van der Waals surface area (Å²) in [6.45, 7) is 0. The summed E-state index contributed by atoms with van der Waals surface area (Å²) in [5, 5.41) is 0.287. The molecule has 0 bridgehead atoms. The van der Waals surface area contributed by atoms with Gasteiger partial charge in [-0.05, 0) is 25.0 Å². The van der Waals surface area contributed by atoms with Crippen LogP contribution in [0.1, 0.15) is 18.4 Å². The summed E-state index contributed by atoms with van der Waals surface area (Å²) in [4.78, 5) is 22.3. The van der Waals surface area contributed by atoms with Gasteiger partial charge >= 0.3 is 11.9 Å². The van der Waals surface area contributed by atoms with Crippen LogP contribution in [0.4, 0.5) is 4.39 Å². The molecule has 1 aliphatic rings. The summed E-state index contributed by atoms with van der Waals surface area (Å²) in [6, 6.07) is 4.36. The number of hydrogen-bond donors (Lipinski definition) is 0. The van der Waals surface area contributed by atoms with Gasteiger partial charge < -0.3 is 4.74 Å². The lowest BCUT2D eigenvalue weighted by molar-refractivity contribution is -0.167. The van der Waals surface area contributed by atoms with Crippen molar-refractivity contribution >= 4 is 23.5 Å². The van der Waals surface area contributed by atoms with Gasteiger partial charge in [0.05, 0.1) is 5.92 Å². The lowest BCUT2D eigenvalue weighted by Crippen LogP contribution is -2.29. The molecule has 1 heterocycles. The van der Waals surface area contributed by atoms with Crippen LogP contribution in [-0.4, -0.2) is 11.9 Å². The van der Waals surface area contributed by atoms with Crippen molar-refractivity contribution in [2.45, 2.75) is 19.3 Å². The first kappa shape index (κ1) is 12.0. The number of ether oxygens (including phenoxy) is 1. The van der Waals surface area contributed by atoms with E-state index in [1.54, 1.807) is 6.07 Å². The third kappa shape index (κ3) is 2.64. The second kappa shape index (κ2) is 4.84. The molecule has 1 unspecified atom stereocenters. The molecule has 0 N–H and O–H groups in total. The zero-order valence-corrected chi connectivity index (χ0v) is 9.67. The average Bonchev–Trinajstić information content (AvgIpc) is 2.26. The van der Waals surface area contributed by atoms with E-state index in [9.17, 15) is 14.0 Å². The number of cyclic esters (lactones) is 2. The van der Waals surface area contributed by atoms with Crippen molar-refractivity contribution in [3.05, 3.63) is 34.6 Å². The number of esters is 2. The Labute approximate surface area is 103 Å². The second-order valence-electron chi connectivity index (χ2n) is 3.93. The first-order valence-electron chi connectivity index (χ1n) is 5.25. The molecule has 1 atom stereocenters. The second-order valence-corrected chi connectivity index (χ2v) is 4.34. The highest BCUT2D eigenvalue weighted by Crippen LogP contribution is 2.26. The van der Waals surface area contributed by atoms with Crippen LogP contribution in [0.15, 0.2) is 18.2 Å². The van der Waals surface area contributed by atoms with E-state index in [0.717, 1.165) is 0 Å². The normalized spacial score (nSPS) is 20.2. The number of benzene rings is 1. The maximum Gasteiger partial charge on any atom is 0.316 e. The van der Waals surface area contributed by atoms with Crippen molar-refractivity contribution in [1.29, 1.82) is 0 Å². The maximum atomic E-state index is 13.5. The van der Waals surface area contributed by atoms with Crippen LogP contribution in [0.25, 0.3) is 0 Å². The van der Waals surface area contributed by atoms with Crippen LogP contribution in [0.3, 0.4) is 0 Å². The number of hydrogen-bond acceptors (Lipinski definition) is 3. The predicted octanol–water partition coefficient (Wildman–Crippen LogP) is 2.50. The van der Waals surface area contributed by atoms with Crippen LogP contribution < -0.4 is 0 Å². The molecule has 3 nitrogen and oxygen atoms in total. The highest BCUT2D eigenvalue weighted by Gasteiger charge is 2.30. The topological polar surface area (TPSA) is 43.4 Å². The van der Waals surface area contributed by atoms with Gasteiger partial charge in [0.15, 0.2) is 0 Å². The molecule has 0 spiro atoms. The Hall–Kier alpha value is -1.42. The van der Waals surface area contributed by atoms with Crippen LogP contribution in [0.5, 0.6) is 0 Å². The third-order valence-corrected chi connectivity index (χ3v) is 3.11. The van der Waals surface area contributed by atoms with Crippen molar-refractivity contribution in [2.24, 2.45) is 5.92 Å². The van der Waals surface area contributed by atoms with E-state index in [4.69, 9.17) is 11.6 Å². The Kier molecular flexibility index (Phi) is 3.43. The van der Waals surface area contributed by atoms with Crippen molar-refractivity contribution < 1.29 is 18.7 Å². The van der Waals surface area contributed by atoms with Crippen LogP contribution in [-0.2, 0) is 20.7 Å². The molecular formula is C12H10ClFO3. The van der Waals surface area contributed by atoms with Gasteiger partial charge in [-0.15, -0.1) is 0 Å². The minimum absolute atomic E-state index is 0.164. The third-order valence-electron chi connectivity index (χ3n) is 2.76. The van der Waals surface area contributed by atoms with Gasteiger partial charge in [-0.25, -0.2) is 4.39 Å². The van der Waals surface area contributed by atoms with Gasteiger partial charge in [0, 0.05) is 17.0 Å². The quantitative estimate of drug-likeness (QED) is 0.603. The van der Waals surface area contributed by atoms with E-state index in [1.807, 2.05) is 0 Å². The van der Waals surface area contributed by atoms with Gasteiger partial charge in [0.25, 0.3) is 0 Å². The monoisotopic (exact) mass is 256 g/mol. The number of halogens is 2. The van der Waals surface area contributed by atoms with Gasteiger partial charge in [0.1, 0.15) is 5.82 Å². The molecular weight excluding hydrogens is 247 g/mol. The fraction of sp³-hybridized carbons (Fsp3) is 0.333. The van der Waals surface area contributed by atoms with E-state index in [-0.39, 0.29) is 17.9 Å². The van der Waals surface area contributed by atoms with Gasteiger partial charge in [0.2, 0.25) is 0 Å². The van der Waals surface area contributed by atoms with Crippen molar-refractivity contribution in [2.75, 3.05) is 0 Å². The Bertz CT molecular complexity index is 453. The molecule has 1 aromatic rings. The van der Waals surface area contributed by atoms with E-state index in [1.165, 1.54) is 12.1 Å². The van der Waals surface area contributed by atoms with Crippen molar-refractivity contribution in [3.8, 4) is 0 Å². The Morgan fingerprint density at radius 3 is 2.82 bits per heavy atom. The SMILES string of the molecule is O=C1CCC(Cc2c(F)cccc2Cl)C(=O)O1. The molecule has 90 valence electrons. The zero-order chi connectivity index (χ0) is 12.4. The molecule has 1 fully saturated rings. The molecule has 1 aromatic carbocycles. The first-order chi connectivity index (χ1) is 8.08. The predicted molar refractivity (Wildman–Crippen MR) is 58.9 cm³/mol. The summed E-state index contributed by atoms with van der Waals surface area (Å²) < 4.78 is 18.0. The van der Waals surface area contributed by atoms with Gasteiger partial charge in [-0.3, -0.25) is 9.59 Å². The lowest BCUT2D eigenvalue weighted by atomic mass is 9.93. The molecule has 2 rings (SSSR count). The molecule has 17 heavy (non-hydrogen) atoms. The molecule has 0 saturated carbocycles. The molecule has 0 aliphatic carbocycles. The smallest absolute Gasteiger partial charge is 0.316 e. The van der Waals surface area contributed by atoms with Gasteiger partial charge in [-0.1, -0.05) is 17.7 Å². The fourth-order valence-electron chi connectivity index (χ4n) is 1.82. The molecule has 1 saturated heterocycles. The summed E-state index contributed by atoms with van der Waals surface area (Å²) in [5.41, 5.74) is 0.297. The first-order valence-corrected chi connectivity index (χ1v) is 5.63. The van der Waals surface area contributed by atoms with E-state index >= 15 is 0 Å². The van der Waals surface area contributed by atoms with Gasteiger partial charge in [-0.2, -0.15) is 0 Å². The Morgan fingerprint density at radius 1 is 1.41 bits per heavy atom. The molecule has 0 radical (unpaired) electrons. The van der Waals surface area contributed by atoms with Crippen LogP contribution >= 0.6 is 11.6 Å². The molecule has 1 aliphatic heterocycles. The fourth-order valence-corrected chi connectivity index (χ4v) is 2.06. The number of carbonyl (C=O) groups excluding carboxylic acids is 2. The summed E-state index contributed by atoms with van der Waals surface area (Å²) in [6.07, 6.45) is 0.725. The highest BCUT2D eigenvalue weighted by atomic mass is 35.5. The van der Waals surface area contributed by atoms with Crippen molar-refractivity contribution in [1.82, 2.24) is 0 Å². The number of carbonyl (C=O) groups is 2. The van der Waals surface area contributed by atoms with E-state index in [0.29, 0.717) is 12.0 Å². The van der Waals surface area contributed by atoms with E-state index in [2.05, 4.69) is 4.74 Å². The Balaban J connectivity index is 2.16. The summed E-state index contributed by atoms with van der Waals surface area (Å²) in [7, 11) is 0. The molecule has 5 heteroatoms. The maximum absolute atomic E-state index is 13.5. The minimum atomic E-state index is -0.597. The largest absolute Gasteiger partial charge is 0.393 e. The lowest BCUT2D eigenvalue weighted by Gasteiger charge is -2.19. The standard InChI is InChI=1S/C12H10ClFO3/c13-9-2-1-3-10(14)8(9)6-7-4-5-11(15)17-12(7)16/h1-3,7H,4-6H2. The summed E-state index contributed by atoms with van der Waals surface area (Å²) >= 11 is 5.87. The highest BCUT2D eigenvalue weighted by molar-refractivity contribution is 6.31. The van der Waals surface area contributed by atoms with Crippen LogP contribution in [0, 0.1) is 11.7 Å². The minimum Gasteiger partial charge on any atom is -0.393 e. The average molecular weight is 257 g/mol. The Morgan fingerprint density at radius 2 is 2.18 bits per heavy atom. The van der Waals surface area contributed by atoms with Crippen LogP contribution in [0.2, 0.25) is 5.02 Å². The molecule has 0 aromatic heterocycles. The van der Waals surface area contributed by atoms with Crippen molar-refractivity contribution in [3.63, 3.8) is 0 Å². The van der Waals surface area contributed by atoms with E-state index < -0.39 is 23.7 Å².